The van der Waals surface area contributed by atoms with E-state index in [9.17, 15) is 4.21 Å². The molecule has 2 N–H and O–H groups in total. The van der Waals surface area contributed by atoms with Gasteiger partial charge in [-0.2, -0.15) is 0 Å². The van der Waals surface area contributed by atoms with E-state index in [1.807, 2.05) is 32.2 Å². The zero-order valence-corrected chi connectivity index (χ0v) is 13.9. The van der Waals surface area contributed by atoms with Gasteiger partial charge in [-0.15, -0.1) is 11.3 Å². The van der Waals surface area contributed by atoms with Crippen molar-refractivity contribution >= 4 is 48.5 Å². The molecule has 1 aromatic heterocycles. The highest BCUT2D eigenvalue weighted by atomic mass is 79.9. The largest absolute Gasteiger partial charge is 0.386 e. The van der Waals surface area contributed by atoms with Gasteiger partial charge in [0.05, 0.1) is 4.75 Å². The maximum Gasteiger partial charge on any atom is 0.113 e. The standard InChI is InChI=1S/C12H17BrN2OS2/c1-11(2)10(14)15-12(3,7-18(11,4)16)9-5-8(13)6-17-9/h5-6H,4,7H2,1-3H3,(H2,14,15)/t12-,18?/m0/s1. The quantitative estimate of drug-likeness (QED) is 0.793. The molecule has 2 atom stereocenters. The number of hydrogen-bond donors (Lipinski definition) is 1. The minimum absolute atomic E-state index is 0.431. The molecule has 0 aromatic carbocycles. The lowest BCUT2D eigenvalue weighted by molar-refractivity contribution is 0.543. The normalized spacial score (nSPS) is 35.2. The zero-order chi connectivity index (χ0) is 13.8. The van der Waals surface area contributed by atoms with Crippen molar-refractivity contribution in [2.75, 3.05) is 5.75 Å². The van der Waals surface area contributed by atoms with Crippen molar-refractivity contribution in [2.24, 2.45) is 10.7 Å². The molecule has 0 aliphatic carbocycles. The van der Waals surface area contributed by atoms with Crippen LogP contribution in [0.15, 0.2) is 20.9 Å². The first-order valence-corrected chi connectivity index (χ1v) is 9.10. The van der Waals surface area contributed by atoms with Gasteiger partial charge in [0, 0.05) is 20.5 Å². The molecule has 2 rings (SSSR count). The number of thiophene rings is 1. The smallest absolute Gasteiger partial charge is 0.113 e. The van der Waals surface area contributed by atoms with E-state index in [1.165, 1.54) is 0 Å². The van der Waals surface area contributed by atoms with Crippen LogP contribution in [0.5, 0.6) is 0 Å². The number of rotatable bonds is 1. The van der Waals surface area contributed by atoms with E-state index >= 15 is 0 Å². The number of amidine groups is 1. The van der Waals surface area contributed by atoms with Crippen molar-refractivity contribution in [3.05, 3.63) is 20.8 Å². The van der Waals surface area contributed by atoms with E-state index in [0.717, 1.165) is 9.35 Å². The van der Waals surface area contributed by atoms with Gasteiger partial charge in [-0.3, -0.25) is 9.20 Å². The van der Waals surface area contributed by atoms with Crippen molar-refractivity contribution in [3.8, 4) is 0 Å². The summed E-state index contributed by atoms with van der Waals surface area (Å²) in [6, 6.07) is 2.01. The van der Waals surface area contributed by atoms with Crippen LogP contribution >= 0.6 is 27.3 Å². The van der Waals surface area contributed by atoms with Gasteiger partial charge in [0.15, 0.2) is 0 Å². The summed E-state index contributed by atoms with van der Waals surface area (Å²) in [7, 11) is -2.32. The second-order valence-electron chi connectivity index (χ2n) is 5.37. The molecule has 1 unspecified atom stereocenters. The Labute approximate surface area is 121 Å². The van der Waals surface area contributed by atoms with Crippen LogP contribution in [0.25, 0.3) is 0 Å². The molecular formula is C12H17BrN2OS2. The molecule has 100 valence electrons. The molecule has 1 aliphatic rings. The number of halogens is 1. The van der Waals surface area contributed by atoms with Crippen LogP contribution < -0.4 is 5.73 Å². The summed E-state index contributed by atoms with van der Waals surface area (Å²) in [5, 5.41) is 2.00. The average molecular weight is 349 g/mol. The minimum atomic E-state index is -2.32. The van der Waals surface area contributed by atoms with E-state index in [2.05, 4.69) is 26.8 Å². The van der Waals surface area contributed by atoms with Gasteiger partial charge in [0.25, 0.3) is 0 Å². The fourth-order valence-corrected chi connectivity index (χ4v) is 5.52. The molecule has 0 fully saturated rings. The van der Waals surface area contributed by atoms with Crippen molar-refractivity contribution in [1.82, 2.24) is 0 Å². The lowest BCUT2D eigenvalue weighted by atomic mass is 10.0. The van der Waals surface area contributed by atoms with Gasteiger partial charge in [0.1, 0.15) is 11.4 Å². The molecule has 1 aliphatic heterocycles. The predicted molar refractivity (Wildman–Crippen MR) is 85.2 cm³/mol. The molecule has 18 heavy (non-hydrogen) atoms. The van der Waals surface area contributed by atoms with Gasteiger partial charge >= 0.3 is 0 Å². The van der Waals surface area contributed by atoms with Crippen molar-refractivity contribution in [3.63, 3.8) is 0 Å². The highest BCUT2D eigenvalue weighted by Gasteiger charge is 2.45. The third-order valence-corrected chi connectivity index (χ3v) is 8.57. The predicted octanol–water partition coefficient (Wildman–Crippen LogP) is 2.59. The summed E-state index contributed by atoms with van der Waals surface area (Å²) in [5.41, 5.74) is 5.50. The molecule has 6 heteroatoms. The molecular weight excluding hydrogens is 332 g/mol. The summed E-state index contributed by atoms with van der Waals surface area (Å²) >= 11 is 5.03. The summed E-state index contributed by atoms with van der Waals surface area (Å²) in [6.45, 7) is 5.67. The second kappa shape index (κ2) is 4.08. The highest BCUT2D eigenvalue weighted by Crippen LogP contribution is 2.39. The Hall–Kier alpha value is -0.330. The van der Waals surface area contributed by atoms with Crippen molar-refractivity contribution in [2.45, 2.75) is 31.1 Å². The molecule has 0 bridgehead atoms. The first-order valence-electron chi connectivity index (χ1n) is 5.53. The lowest BCUT2D eigenvalue weighted by Gasteiger charge is -2.40. The van der Waals surface area contributed by atoms with Gasteiger partial charge in [-0.05, 0) is 58.2 Å². The number of aliphatic imine (C=N–C) groups is 1. The van der Waals surface area contributed by atoms with Gasteiger partial charge < -0.3 is 5.73 Å². The summed E-state index contributed by atoms with van der Waals surface area (Å²) in [4.78, 5) is 5.67. The SMILES string of the molecule is C=S1(=O)C[C@@](C)(c2cc(Br)cs2)N=C(N)C1(C)C. The molecule has 0 radical (unpaired) electrons. The Kier molecular flexibility index (Phi) is 3.19. The Morgan fingerprint density at radius 3 is 2.61 bits per heavy atom. The Balaban J connectivity index is 2.59. The molecule has 0 saturated heterocycles. The monoisotopic (exact) mass is 348 g/mol. The van der Waals surface area contributed by atoms with E-state index < -0.39 is 19.8 Å². The topological polar surface area (TPSA) is 55.5 Å². The average Bonchev–Trinajstić information content (AvgIpc) is 2.62. The summed E-state index contributed by atoms with van der Waals surface area (Å²) in [5.74, 6) is 4.78. The number of nitrogens with zero attached hydrogens (tertiary/aromatic N) is 1. The molecule has 0 spiro atoms. The van der Waals surface area contributed by atoms with Gasteiger partial charge in [-0.25, -0.2) is 0 Å². The Morgan fingerprint density at radius 1 is 1.56 bits per heavy atom. The third kappa shape index (κ3) is 2.04. The highest BCUT2D eigenvalue weighted by molar-refractivity contribution is 9.10. The van der Waals surface area contributed by atoms with Crippen LogP contribution in [0.2, 0.25) is 0 Å². The van der Waals surface area contributed by atoms with Crippen LogP contribution in [-0.4, -0.2) is 26.4 Å². The summed E-state index contributed by atoms with van der Waals surface area (Å²) in [6.07, 6.45) is 0. The van der Waals surface area contributed by atoms with Crippen molar-refractivity contribution in [1.29, 1.82) is 0 Å². The first-order chi connectivity index (χ1) is 8.08. The fourth-order valence-electron chi connectivity index (χ4n) is 1.98. The Morgan fingerprint density at radius 2 is 2.17 bits per heavy atom. The van der Waals surface area contributed by atoms with Crippen molar-refractivity contribution < 1.29 is 4.21 Å². The van der Waals surface area contributed by atoms with Crippen LogP contribution in [0.3, 0.4) is 0 Å². The zero-order valence-electron chi connectivity index (χ0n) is 10.7. The molecule has 1 aromatic rings. The summed E-state index contributed by atoms with van der Waals surface area (Å²) < 4.78 is 13.2. The van der Waals surface area contributed by atoms with Gasteiger partial charge in [-0.1, -0.05) is 0 Å². The molecule has 0 saturated carbocycles. The first kappa shape index (κ1) is 14.1. The maximum atomic E-state index is 12.8. The molecule has 2 heterocycles. The Bertz CT molecular complexity index is 616. The second-order valence-corrected chi connectivity index (χ2v) is 10.1. The van der Waals surface area contributed by atoms with Gasteiger partial charge in [0.2, 0.25) is 0 Å². The van der Waals surface area contributed by atoms with Crippen LogP contribution in [-0.2, 0) is 15.1 Å². The van der Waals surface area contributed by atoms with E-state index in [4.69, 9.17) is 5.73 Å². The minimum Gasteiger partial charge on any atom is -0.386 e. The van der Waals surface area contributed by atoms with E-state index in [1.54, 1.807) is 11.3 Å². The fraction of sp³-hybridized carbons (Fsp3) is 0.500. The van der Waals surface area contributed by atoms with Crippen LogP contribution in [0.1, 0.15) is 25.6 Å². The number of hydrogen-bond acceptors (Lipinski definition) is 4. The van der Waals surface area contributed by atoms with Crippen LogP contribution in [0.4, 0.5) is 0 Å². The maximum absolute atomic E-state index is 12.8. The molecule has 3 nitrogen and oxygen atoms in total. The lowest BCUT2D eigenvalue weighted by Crippen LogP contribution is -2.54. The number of nitrogens with two attached hydrogens (primary N) is 1. The third-order valence-electron chi connectivity index (χ3n) is 3.53. The molecule has 0 amide bonds. The van der Waals surface area contributed by atoms with Crippen LogP contribution in [0, 0.1) is 0 Å². The van der Waals surface area contributed by atoms with E-state index in [-0.39, 0.29) is 0 Å². The van der Waals surface area contributed by atoms with E-state index in [0.29, 0.717) is 11.6 Å².